The Labute approximate surface area is 212 Å². The lowest BCUT2D eigenvalue weighted by atomic mass is 10.1. The van der Waals surface area contributed by atoms with E-state index < -0.39 is 6.04 Å². The SMILES string of the molecule is CCCNC(=O)C(C)N(Cc1ccc(Cl)cc1Cl)C(=O)CCc1ccc(OCC)c(OCC)c1. The number of nitrogens with one attached hydrogen (secondary N) is 1. The minimum absolute atomic E-state index is 0.142. The molecule has 0 aliphatic rings. The first-order valence-corrected chi connectivity index (χ1v) is 12.5. The van der Waals surface area contributed by atoms with Gasteiger partial charge in [0.1, 0.15) is 6.04 Å². The molecule has 0 aliphatic carbocycles. The van der Waals surface area contributed by atoms with Crippen LogP contribution >= 0.6 is 23.2 Å². The van der Waals surface area contributed by atoms with Crippen molar-refractivity contribution >= 4 is 35.0 Å². The molecule has 0 fully saturated rings. The molecule has 8 heteroatoms. The number of hydrogen-bond acceptors (Lipinski definition) is 4. The summed E-state index contributed by atoms with van der Waals surface area (Å²) in [6, 6.07) is 10.2. The highest BCUT2D eigenvalue weighted by molar-refractivity contribution is 6.35. The van der Waals surface area contributed by atoms with E-state index in [1.54, 1.807) is 30.0 Å². The number of carbonyl (C=O) groups is 2. The number of rotatable bonds is 13. The van der Waals surface area contributed by atoms with Crippen molar-refractivity contribution in [3.05, 3.63) is 57.6 Å². The minimum atomic E-state index is -0.648. The molecule has 0 saturated heterocycles. The number of benzene rings is 2. The van der Waals surface area contributed by atoms with Crippen molar-refractivity contribution < 1.29 is 19.1 Å². The third kappa shape index (κ3) is 8.10. The Morgan fingerprint density at radius 3 is 2.35 bits per heavy atom. The average molecular weight is 509 g/mol. The molecule has 0 bridgehead atoms. The molecule has 2 rings (SSSR count). The van der Waals surface area contributed by atoms with Gasteiger partial charge in [-0.05, 0) is 69.0 Å². The molecule has 0 saturated carbocycles. The van der Waals surface area contributed by atoms with Gasteiger partial charge in [0.25, 0.3) is 0 Å². The summed E-state index contributed by atoms with van der Waals surface area (Å²) in [5.41, 5.74) is 1.68. The molecule has 6 nitrogen and oxygen atoms in total. The molecule has 0 aliphatic heterocycles. The highest BCUT2D eigenvalue weighted by Crippen LogP contribution is 2.29. The Morgan fingerprint density at radius 1 is 1.00 bits per heavy atom. The fourth-order valence-corrected chi connectivity index (χ4v) is 3.93. The largest absolute Gasteiger partial charge is 0.490 e. The molecule has 0 radical (unpaired) electrons. The molecule has 0 heterocycles. The summed E-state index contributed by atoms with van der Waals surface area (Å²) in [6.07, 6.45) is 1.55. The Morgan fingerprint density at radius 2 is 1.71 bits per heavy atom. The van der Waals surface area contributed by atoms with E-state index in [-0.39, 0.29) is 24.8 Å². The van der Waals surface area contributed by atoms with Crippen LogP contribution in [0.4, 0.5) is 0 Å². The number of aryl methyl sites for hydroxylation is 1. The molecule has 186 valence electrons. The van der Waals surface area contributed by atoms with Crippen molar-refractivity contribution in [1.82, 2.24) is 10.2 Å². The molecule has 2 aromatic rings. The van der Waals surface area contributed by atoms with Gasteiger partial charge in [-0.15, -0.1) is 0 Å². The summed E-state index contributed by atoms with van der Waals surface area (Å²) in [6.45, 7) is 9.37. The monoisotopic (exact) mass is 508 g/mol. The van der Waals surface area contributed by atoms with Gasteiger partial charge < -0.3 is 19.7 Å². The van der Waals surface area contributed by atoms with Gasteiger partial charge in [-0.2, -0.15) is 0 Å². The third-order valence-corrected chi connectivity index (χ3v) is 5.89. The van der Waals surface area contributed by atoms with Gasteiger partial charge in [-0.25, -0.2) is 0 Å². The number of carbonyl (C=O) groups excluding carboxylic acids is 2. The average Bonchev–Trinajstić information content (AvgIpc) is 2.81. The Hall–Kier alpha value is -2.44. The van der Waals surface area contributed by atoms with Crippen molar-refractivity contribution in [2.75, 3.05) is 19.8 Å². The van der Waals surface area contributed by atoms with Crippen LogP contribution in [0.15, 0.2) is 36.4 Å². The highest BCUT2D eigenvalue weighted by atomic mass is 35.5. The van der Waals surface area contributed by atoms with Crippen LogP contribution in [0.25, 0.3) is 0 Å². The second-order valence-electron chi connectivity index (χ2n) is 7.87. The van der Waals surface area contributed by atoms with Crippen LogP contribution < -0.4 is 14.8 Å². The third-order valence-electron chi connectivity index (χ3n) is 5.31. The molecule has 1 N–H and O–H groups in total. The number of halogens is 2. The lowest BCUT2D eigenvalue weighted by Crippen LogP contribution is -2.47. The Bertz CT molecular complexity index is 968. The zero-order chi connectivity index (χ0) is 25.1. The summed E-state index contributed by atoms with van der Waals surface area (Å²) in [5.74, 6) is 1.00. The first kappa shape index (κ1) is 27.8. The maximum atomic E-state index is 13.3. The van der Waals surface area contributed by atoms with Crippen LogP contribution in [0, 0.1) is 0 Å². The van der Waals surface area contributed by atoms with E-state index in [0.29, 0.717) is 47.7 Å². The van der Waals surface area contributed by atoms with Crippen molar-refractivity contribution in [3.63, 3.8) is 0 Å². The van der Waals surface area contributed by atoms with Crippen molar-refractivity contribution in [2.24, 2.45) is 0 Å². The van der Waals surface area contributed by atoms with E-state index in [1.807, 2.05) is 39.0 Å². The van der Waals surface area contributed by atoms with E-state index >= 15 is 0 Å². The Kier molecular flexibility index (Phi) is 11.5. The quantitative estimate of drug-likeness (QED) is 0.378. The van der Waals surface area contributed by atoms with E-state index in [4.69, 9.17) is 32.7 Å². The highest BCUT2D eigenvalue weighted by Gasteiger charge is 2.26. The van der Waals surface area contributed by atoms with Crippen molar-refractivity contribution in [2.45, 2.75) is 59.5 Å². The van der Waals surface area contributed by atoms with E-state index in [0.717, 1.165) is 17.5 Å². The van der Waals surface area contributed by atoms with Crippen molar-refractivity contribution in [3.8, 4) is 11.5 Å². The summed E-state index contributed by atoms with van der Waals surface area (Å²) in [4.78, 5) is 27.6. The lowest BCUT2D eigenvalue weighted by Gasteiger charge is -2.29. The Balaban J connectivity index is 2.20. The summed E-state index contributed by atoms with van der Waals surface area (Å²) < 4.78 is 11.3. The number of nitrogens with zero attached hydrogens (tertiary/aromatic N) is 1. The maximum absolute atomic E-state index is 13.3. The first-order chi connectivity index (χ1) is 16.3. The fraction of sp³-hybridized carbons (Fsp3) is 0.462. The topological polar surface area (TPSA) is 67.9 Å². The van der Waals surface area contributed by atoms with Gasteiger partial charge in [0.05, 0.1) is 13.2 Å². The molecule has 34 heavy (non-hydrogen) atoms. The summed E-state index contributed by atoms with van der Waals surface area (Å²) >= 11 is 12.4. The lowest BCUT2D eigenvalue weighted by molar-refractivity contribution is -0.140. The van der Waals surface area contributed by atoms with Crippen LogP contribution in [-0.2, 0) is 22.6 Å². The number of amides is 2. The van der Waals surface area contributed by atoms with Crippen LogP contribution in [0.2, 0.25) is 10.0 Å². The smallest absolute Gasteiger partial charge is 0.242 e. The second kappa shape index (κ2) is 14.1. The van der Waals surface area contributed by atoms with Gasteiger partial charge in [-0.1, -0.05) is 42.3 Å². The molecular formula is C26H34Cl2N2O4. The predicted molar refractivity (Wildman–Crippen MR) is 137 cm³/mol. The van der Waals surface area contributed by atoms with Gasteiger partial charge in [-0.3, -0.25) is 9.59 Å². The standard InChI is InChI=1S/C26H34Cl2N2O4/c1-5-14-29-26(32)18(4)30(17-20-10-11-21(27)16-22(20)28)25(31)13-9-19-8-12-23(33-6-2)24(15-19)34-7-3/h8,10-12,15-16,18H,5-7,9,13-14,17H2,1-4H3,(H,29,32). The molecule has 2 aromatic carbocycles. The molecule has 0 spiro atoms. The molecule has 1 unspecified atom stereocenters. The zero-order valence-corrected chi connectivity index (χ0v) is 21.8. The van der Waals surface area contributed by atoms with Gasteiger partial charge >= 0.3 is 0 Å². The van der Waals surface area contributed by atoms with Gasteiger partial charge in [0.2, 0.25) is 11.8 Å². The van der Waals surface area contributed by atoms with E-state index in [2.05, 4.69) is 5.32 Å². The summed E-state index contributed by atoms with van der Waals surface area (Å²) in [5, 5.41) is 3.85. The number of hydrogen-bond donors (Lipinski definition) is 1. The van der Waals surface area contributed by atoms with E-state index in [1.165, 1.54) is 0 Å². The summed E-state index contributed by atoms with van der Waals surface area (Å²) in [7, 11) is 0. The molecule has 2 amide bonds. The van der Waals surface area contributed by atoms with Gasteiger partial charge in [0, 0.05) is 29.6 Å². The van der Waals surface area contributed by atoms with Gasteiger partial charge in [0.15, 0.2) is 11.5 Å². The van der Waals surface area contributed by atoms with Crippen LogP contribution in [0.1, 0.15) is 51.7 Å². The van der Waals surface area contributed by atoms with Crippen molar-refractivity contribution in [1.29, 1.82) is 0 Å². The predicted octanol–water partition coefficient (Wildman–Crippen LogP) is 5.67. The second-order valence-corrected chi connectivity index (χ2v) is 8.72. The normalized spacial score (nSPS) is 11.6. The van der Waals surface area contributed by atoms with E-state index in [9.17, 15) is 9.59 Å². The first-order valence-electron chi connectivity index (χ1n) is 11.7. The molecule has 1 atom stereocenters. The van der Waals surface area contributed by atoms with Crippen LogP contribution in [-0.4, -0.2) is 42.5 Å². The fourth-order valence-electron chi connectivity index (χ4n) is 3.46. The molecular weight excluding hydrogens is 475 g/mol. The maximum Gasteiger partial charge on any atom is 0.242 e. The minimum Gasteiger partial charge on any atom is -0.490 e. The number of ether oxygens (including phenoxy) is 2. The molecule has 0 aromatic heterocycles. The van der Waals surface area contributed by atoms with Crippen LogP contribution in [0.3, 0.4) is 0 Å². The van der Waals surface area contributed by atoms with Crippen LogP contribution in [0.5, 0.6) is 11.5 Å². The zero-order valence-electron chi connectivity index (χ0n) is 20.3.